The van der Waals surface area contributed by atoms with Crippen molar-refractivity contribution in [1.29, 1.82) is 0 Å². The quantitative estimate of drug-likeness (QED) is 0.157. The summed E-state index contributed by atoms with van der Waals surface area (Å²) in [5, 5.41) is 13.5. The number of halogens is 1. The van der Waals surface area contributed by atoms with E-state index in [-0.39, 0.29) is 22.9 Å². The highest BCUT2D eigenvalue weighted by molar-refractivity contribution is 7.58. The second-order valence-electron chi connectivity index (χ2n) is 9.22. The number of H-pyrrole nitrogens is 1. The Kier molecular flexibility index (Phi) is 8.70. The first-order chi connectivity index (χ1) is 18.9. The molecule has 4 rings (SSSR count). The lowest BCUT2D eigenvalue weighted by atomic mass is 10.1. The molecule has 1 fully saturated rings. The van der Waals surface area contributed by atoms with Crippen molar-refractivity contribution in [2.45, 2.75) is 57.2 Å². The van der Waals surface area contributed by atoms with Crippen molar-refractivity contribution in [3.63, 3.8) is 0 Å². The molecule has 1 saturated heterocycles. The summed E-state index contributed by atoms with van der Waals surface area (Å²) in [7, 11) is -3.03. The van der Waals surface area contributed by atoms with Gasteiger partial charge >= 0.3 is 14.1 Å². The fourth-order valence-corrected chi connectivity index (χ4v) is 5.48. The van der Waals surface area contributed by atoms with Crippen LogP contribution in [-0.2, 0) is 23.5 Å². The Labute approximate surface area is 228 Å². The van der Waals surface area contributed by atoms with Crippen molar-refractivity contribution in [2.24, 2.45) is 0 Å². The summed E-state index contributed by atoms with van der Waals surface area (Å²) < 4.78 is 44.3. The van der Waals surface area contributed by atoms with Crippen LogP contribution in [0, 0.1) is 0 Å². The van der Waals surface area contributed by atoms with Gasteiger partial charge in [-0.25, -0.2) is 9.37 Å². The number of para-hydroxylation sites is 1. The fourth-order valence-electron chi connectivity index (χ4n) is 3.95. The highest BCUT2D eigenvalue weighted by Gasteiger charge is 2.60. The number of rotatable bonds is 11. The van der Waals surface area contributed by atoms with Gasteiger partial charge in [-0.2, -0.15) is 14.4 Å². The number of aliphatic hydroxyl groups excluding tert-OH is 1. The SMILES string of the molecule is CO[C@]1(CO[P+](O)(N[C@H](C)C(=O)OC(C)C)Oc2ccccc2)O[C@@H](n2cnc3c(=O)[nH]c(N)nc32)[C@H](F)[C@@H]1O. The standard InChI is InChI=1S/C23H30FN6O9P/c1-12(2)37-21(33)13(3)29-40(34,39-14-8-6-5-7-9-14)36-10-23(35-4)17(31)15(24)20(38-23)30-11-26-16-18(30)27-22(25)28-19(16)32/h5-9,11-13,15,17,20,29,31,34H,10H2,1-4H3,(H2-,25,27,28,32)/p+1/t13-,15-,17+,20-,23-,40?/m1/s1. The Morgan fingerprint density at radius 3 is 2.70 bits per heavy atom. The van der Waals surface area contributed by atoms with Crippen molar-refractivity contribution >= 4 is 31.2 Å². The summed E-state index contributed by atoms with van der Waals surface area (Å²) in [5.74, 6) is -2.91. The van der Waals surface area contributed by atoms with Gasteiger partial charge in [0.05, 0.1) is 12.4 Å². The molecular weight excluding hydrogens is 554 g/mol. The number of aromatic nitrogens is 4. The van der Waals surface area contributed by atoms with Gasteiger partial charge in [0, 0.05) is 7.11 Å². The number of esters is 1. The number of ether oxygens (including phenoxy) is 3. The van der Waals surface area contributed by atoms with Gasteiger partial charge in [0.15, 0.2) is 35.9 Å². The third kappa shape index (κ3) is 6.07. The number of anilines is 1. The second-order valence-corrected chi connectivity index (χ2v) is 11.0. The number of nitrogen functional groups attached to an aromatic ring is 1. The van der Waals surface area contributed by atoms with Crippen molar-refractivity contribution in [2.75, 3.05) is 19.5 Å². The van der Waals surface area contributed by atoms with E-state index in [1.165, 1.54) is 19.1 Å². The molecule has 15 nitrogen and oxygen atoms in total. The Morgan fingerprint density at radius 2 is 2.05 bits per heavy atom. The molecule has 3 heterocycles. The molecule has 2 aromatic heterocycles. The average molecular weight is 586 g/mol. The molecule has 6 N–H and O–H groups in total. The summed E-state index contributed by atoms with van der Waals surface area (Å²) >= 11 is 0. The third-order valence-electron chi connectivity index (χ3n) is 5.89. The van der Waals surface area contributed by atoms with Gasteiger partial charge in [-0.15, -0.1) is 0 Å². The molecule has 1 aliphatic rings. The zero-order valence-electron chi connectivity index (χ0n) is 22.1. The van der Waals surface area contributed by atoms with Crippen LogP contribution in [0.2, 0.25) is 0 Å². The van der Waals surface area contributed by atoms with E-state index in [0.717, 1.165) is 18.0 Å². The summed E-state index contributed by atoms with van der Waals surface area (Å²) in [6.07, 6.45) is -4.97. The van der Waals surface area contributed by atoms with Crippen LogP contribution in [0.15, 0.2) is 41.5 Å². The zero-order valence-corrected chi connectivity index (χ0v) is 22.9. The Hall–Kier alpha value is -3.24. The van der Waals surface area contributed by atoms with E-state index in [1.807, 2.05) is 0 Å². The Balaban J connectivity index is 1.60. The monoisotopic (exact) mass is 585 g/mol. The Morgan fingerprint density at radius 1 is 1.35 bits per heavy atom. The number of nitrogens with two attached hydrogens (primary N) is 1. The average Bonchev–Trinajstić information content (AvgIpc) is 3.42. The number of nitrogens with one attached hydrogen (secondary N) is 2. The number of carbonyl (C=O) groups excluding carboxylic acids is 1. The van der Waals surface area contributed by atoms with E-state index in [9.17, 15) is 19.6 Å². The van der Waals surface area contributed by atoms with E-state index in [4.69, 9.17) is 29.0 Å². The normalized spacial score (nSPS) is 25.1. The molecule has 0 saturated carbocycles. The van der Waals surface area contributed by atoms with E-state index < -0.39 is 62.7 Å². The van der Waals surface area contributed by atoms with Gasteiger partial charge in [-0.05, 0) is 32.9 Å². The van der Waals surface area contributed by atoms with Crippen LogP contribution in [-0.4, -0.2) is 79.4 Å². The van der Waals surface area contributed by atoms with Crippen LogP contribution in [0.4, 0.5) is 10.3 Å². The molecular formula is C23H31FN6O9P+. The van der Waals surface area contributed by atoms with Crippen LogP contribution < -0.4 is 20.9 Å². The molecule has 1 aliphatic heterocycles. The molecule has 0 amide bonds. The fraction of sp³-hybridized carbons (Fsp3) is 0.478. The molecule has 1 unspecified atom stereocenters. The number of aliphatic hydroxyl groups is 1. The predicted octanol–water partition coefficient (Wildman–Crippen LogP) is 0.967. The lowest BCUT2D eigenvalue weighted by Crippen LogP contribution is -2.49. The summed E-state index contributed by atoms with van der Waals surface area (Å²) in [6, 6.07) is 7.01. The van der Waals surface area contributed by atoms with Crippen molar-refractivity contribution in [3.05, 3.63) is 47.0 Å². The first-order valence-electron chi connectivity index (χ1n) is 12.1. The highest BCUT2D eigenvalue weighted by atomic mass is 31.2. The number of methoxy groups -OCH3 is 1. The maximum atomic E-state index is 15.5. The smallest absolute Gasteiger partial charge is 0.462 e. The molecule has 0 radical (unpaired) electrons. The first-order valence-corrected chi connectivity index (χ1v) is 13.7. The maximum absolute atomic E-state index is 15.5. The van der Waals surface area contributed by atoms with Crippen molar-refractivity contribution < 1.29 is 42.4 Å². The van der Waals surface area contributed by atoms with Gasteiger partial charge < -0.3 is 25.1 Å². The lowest BCUT2D eigenvalue weighted by Gasteiger charge is -2.30. The number of benzene rings is 1. The largest absolute Gasteiger partial charge is 0.544 e. The molecule has 0 spiro atoms. The number of imidazole rings is 1. The van der Waals surface area contributed by atoms with E-state index in [1.54, 1.807) is 32.0 Å². The van der Waals surface area contributed by atoms with Gasteiger partial charge in [0.1, 0.15) is 12.1 Å². The molecule has 17 heteroatoms. The molecule has 0 aliphatic carbocycles. The van der Waals surface area contributed by atoms with Crippen LogP contribution in [0.25, 0.3) is 11.2 Å². The minimum atomic E-state index is -4.17. The Bertz CT molecular complexity index is 1390. The topological polar surface area (TPSA) is 205 Å². The van der Waals surface area contributed by atoms with Gasteiger partial charge in [-0.1, -0.05) is 23.3 Å². The van der Waals surface area contributed by atoms with Crippen LogP contribution in [0.5, 0.6) is 5.75 Å². The van der Waals surface area contributed by atoms with Crippen molar-refractivity contribution in [3.8, 4) is 5.75 Å². The van der Waals surface area contributed by atoms with Gasteiger partial charge in [0.2, 0.25) is 11.7 Å². The van der Waals surface area contributed by atoms with Gasteiger partial charge in [-0.3, -0.25) is 23.7 Å². The zero-order chi connectivity index (χ0) is 29.2. The van der Waals surface area contributed by atoms with E-state index in [0.29, 0.717) is 0 Å². The number of aromatic amines is 1. The third-order valence-corrected chi connectivity index (χ3v) is 7.54. The molecule has 218 valence electrons. The molecule has 3 aromatic rings. The van der Waals surface area contributed by atoms with Crippen LogP contribution in [0.3, 0.4) is 0 Å². The summed E-state index contributed by atoms with van der Waals surface area (Å²) in [6.45, 7) is 3.99. The number of alkyl halides is 1. The van der Waals surface area contributed by atoms with Crippen LogP contribution in [0.1, 0.15) is 27.0 Å². The molecule has 1 aromatic carbocycles. The maximum Gasteiger partial charge on any atom is 0.544 e. The lowest BCUT2D eigenvalue weighted by molar-refractivity contribution is -0.266. The first kappa shape index (κ1) is 29.7. The number of fused-ring (bicyclic) bond motifs is 1. The van der Waals surface area contributed by atoms with E-state index in [2.05, 4.69) is 20.0 Å². The molecule has 6 atom stereocenters. The minimum absolute atomic E-state index is 0.0931. The summed E-state index contributed by atoms with van der Waals surface area (Å²) in [4.78, 5) is 46.2. The molecule has 40 heavy (non-hydrogen) atoms. The number of nitrogens with zero attached hydrogens (tertiary/aromatic N) is 3. The summed E-state index contributed by atoms with van der Waals surface area (Å²) in [5.41, 5.74) is 4.75. The van der Waals surface area contributed by atoms with Crippen molar-refractivity contribution in [1.82, 2.24) is 24.6 Å². The minimum Gasteiger partial charge on any atom is -0.462 e. The van der Waals surface area contributed by atoms with Gasteiger partial charge in [0.25, 0.3) is 5.56 Å². The number of carbonyl (C=O) groups is 1. The molecule has 0 bridgehead atoms. The number of hydrogen-bond donors (Lipinski definition) is 5. The number of hydrogen-bond acceptors (Lipinski definition) is 13. The predicted molar refractivity (Wildman–Crippen MR) is 139 cm³/mol. The second kappa shape index (κ2) is 11.7. The van der Waals surface area contributed by atoms with Crippen LogP contribution >= 0.6 is 8.09 Å². The van der Waals surface area contributed by atoms with E-state index >= 15 is 4.39 Å². The highest BCUT2D eigenvalue weighted by Crippen LogP contribution is 2.55.